The molecular weight excluding hydrogens is 218 g/mol. The van der Waals surface area contributed by atoms with E-state index in [9.17, 15) is 5.11 Å². The van der Waals surface area contributed by atoms with Gasteiger partial charge in [0, 0.05) is 5.54 Å². The Kier molecular flexibility index (Phi) is 10.6. The van der Waals surface area contributed by atoms with Crippen LogP contribution in [0.3, 0.4) is 0 Å². The molecule has 0 bridgehead atoms. The van der Waals surface area contributed by atoms with E-state index in [1.807, 2.05) is 11.8 Å². The van der Waals surface area contributed by atoms with Crippen LogP contribution in [0.4, 0.5) is 0 Å². The summed E-state index contributed by atoms with van der Waals surface area (Å²) in [4.78, 5) is 0. The van der Waals surface area contributed by atoms with Crippen LogP contribution in [0.2, 0.25) is 0 Å². The maximum atomic E-state index is 9.48. The molecule has 0 saturated heterocycles. The first-order valence-electron chi connectivity index (χ1n) is 6.68. The van der Waals surface area contributed by atoms with E-state index in [2.05, 4.69) is 26.1 Å². The zero-order valence-electron chi connectivity index (χ0n) is 11.2. The Morgan fingerprint density at radius 1 is 1.12 bits per heavy atom. The van der Waals surface area contributed by atoms with Gasteiger partial charge in [0.1, 0.15) is 0 Å². The standard InChI is InChI=1S/C13H29NOS/c1-4-7-10-16-11-8-9-13(5-2,12-15)14-6-3/h14-15H,4-12H2,1-3H3. The van der Waals surface area contributed by atoms with Gasteiger partial charge in [-0.1, -0.05) is 27.2 Å². The summed E-state index contributed by atoms with van der Waals surface area (Å²) in [7, 11) is 0. The van der Waals surface area contributed by atoms with Crippen molar-refractivity contribution in [1.82, 2.24) is 5.32 Å². The van der Waals surface area contributed by atoms with Crippen LogP contribution < -0.4 is 5.32 Å². The van der Waals surface area contributed by atoms with Gasteiger partial charge in [0.25, 0.3) is 0 Å². The molecule has 3 heteroatoms. The Labute approximate surface area is 106 Å². The zero-order valence-corrected chi connectivity index (χ0v) is 12.0. The number of hydrogen-bond donors (Lipinski definition) is 2. The van der Waals surface area contributed by atoms with Crippen molar-refractivity contribution in [2.45, 2.75) is 58.4 Å². The highest BCUT2D eigenvalue weighted by Gasteiger charge is 2.24. The third kappa shape index (κ3) is 6.77. The lowest BCUT2D eigenvalue weighted by atomic mass is 9.91. The van der Waals surface area contributed by atoms with Gasteiger partial charge in [-0.2, -0.15) is 11.8 Å². The van der Waals surface area contributed by atoms with Crippen molar-refractivity contribution in [3.05, 3.63) is 0 Å². The summed E-state index contributed by atoms with van der Waals surface area (Å²) in [6.45, 7) is 7.70. The number of unbranched alkanes of at least 4 members (excludes halogenated alkanes) is 1. The number of rotatable bonds is 11. The van der Waals surface area contributed by atoms with Crippen LogP contribution in [0.25, 0.3) is 0 Å². The van der Waals surface area contributed by atoms with Crippen molar-refractivity contribution >= 4 is 11.8 Å². The minimum Gasteiger partial charge on any atom is -0.394 e. The van der Waals surface area contributed by atoms with Gasteiger partial charge in [-0.05, 0) is 43.7 Å². The average Bonchev–Trinajstić information content (AvgIpc) is 2.32. The van der Waals surface area contributed by atoms with E-state index in [0.29, 0.717) is 0 Å². The normalized spacial score (nSPS) is 15.0. The molecule has 0 aromatic carbocycles. The molecule has 2 nitrogen and oxygen atoms in total. The summed E-state index contributed by atoms with van der Waals surface area (Å²) in [5.74, 6) is 2.52. The molecule has 1 atom stereocenters. The molecule has 0 aromatic heterocycles. The summed E-state index contributed by atoms with van der Waals surface area (Å²) in [5, 5.41) is 12.9. The summed E-state index contributed by atoms with van der Waals surface area (Å²) >= 11 is 2.05. The van der Waals surface area contributed by atoms with Crippen molar-refractivity contribution in [3.8, 4) is 0 Å². The fraction of sp³-hybridized carbons (Fsp3) is 1.00. The fourth-order valence-corrected chi connectivity index (χ4v) is 2.92. The van der Waals surface area contributed by atoms with Gasteiger partial charge in [0.2, 0.25) is 0 Å². The summed E-state index contributed by atoms with van der Waals surface area (Å²) in [5.41, 5.74) is -0.0277. The Balaban J connectivity index is 3.67. The lowest BCUT2D eigenvalue weighted by Crippen LogP contribution is -2.48. The molecule has 0 amide bonds. The maximum absolute atomic E-state index is 9.48. The van der Waals surface area contributed by atoms with Crippen LogP contribution in [0.15, 0.2) is 0 Å². The van der Waals surface area contributed by atoms with Gasteiger partial charge in [0.15, 0.2) is 0 Å². The lowest BCUT2D eigenvalue weighted by molar-refractivity contribution is 0.148. The quantitative estimate of drug-likeness (QED) is 0.550. The molecule has 0 radical (unpaired) electrons. The smallest absolute Gasteiger partial charge is 0.0613 e. The van der Waals surface area contributed by atoms with Crippen molar-refractivity contribution in [3.63, 3.8) is 0 Å². The fourth-order valence-electron chi connectivity index (χ4n) is 1.87. The van der Waals surface area contributed by atoms with E-state index in [4.69, 9.17) is 0 Å². The molecule has 0 rings (SSSR count). The lowest BCUT2D eigenvalue weighted by Gasteiger charge is -2.31. The van der Waals surface area contributed by atoms with Gasteiger partial charge in [-0.3, -0.25) is 0 Å². The first kappa shape index (κ1) is 16.3. The number of aliphatic hydroxyl groups excluding tert-OH is 1. The van der Waals surface area contributed by atoms with Gasteiger partial charge in [-0.15, -0.1) is 0 Å². The first-order chi connectivity index (χ1) is 7.74. The number of aliphatic hydroxyl groups is 1. The van der Waals surface area contributed by atoms with Crippen LogP contribution in [0.5, 0.6) is 0 Å². The Morgan fingerprint density at radius 3 is 2.31 bits per heavy atom. The van der Waals surface area contributed by atoms with Crippen LogP contribution >= 0.6 is 11.8 Å². The van der Waals surface area contributed by atoms with Crippen LogP contribution in [0, 0.1) is 0 Å². The molecule has 1 unspecified atom stereocenters. The second-order valence-corrected chi connectivity index (χ2v) is 5.62. The van der Waals surface area contributed by atoms with Gasteiger partial charge in [-0.25, -0.2) is 0 Å². The molecule has 0 aliphatic heterocycles. The molecule has 0 saturated carbocycles. The predicted molar refractivity (Wildman–Crippen MR) is 75.3 cm³/mol. The minimum atomic E-state index is -0.0277. The van der Waals surface area contributed by atoms with Crippen molar-refractivity contribution in [2.75, 3.05) is 24.7 Å². The third-order valence-corrected chi connectivity index (χ3v) is 4.27. The zero-order chi connectivity index (χ0) is 12.3. The first-order valence-corrected chi connectivity index (χ1v) is 7.83. The van der Waals surface area contributed by atoms with E-state index in [-0.39, 0.29) is 12.1 Å². The number of hydrogen-bond acceptors (Lipinski definition) is 3. The molecule has 98 valence electrons. The molecule has 2 N–H and O–H groups in total. The van der Waals surface area contributed by atoms with Gasteiger partial charge >= 0.3 is 0 Å². The summed E-state index contributed by atoms with van der Waals surface area (Å²) < 4.78 is 0. The van der Waals surface area contributed by atoms with E-state index < -0.39 is 0 Å². The van der Waals surface area contributed by atoms with Crippen molar-refractivity contribution in [1.29, 1.82) is 0 Å². The predicted octanol–water partition coefficient (Wildman–Crippen LogP) is 3.05. The SMILES string of the molecule is CCCCSCCCC(CC)(CO)NCC. The molecule has 0 aliphatic rings. The van der Waals surface area contributed by atoms with Crippen LogP contribution in [-0.4, -0.2) is 35.3 Å². The van der Waals surface area contributed by atoms with E-state index in [0.717, 1.165) is 19.4 Å². The maximum Gasteiger partial charge on any atom is 0.0613 e. The van der Waals surface area contributed by atoms with Crippen LogP contribution in [0.1, 0.15) is 52.9 Å². The molecule has 0 heterocycles. The topological polar surface area (TPSA) is 32.3 Å². The van der Waals surface area contributed by atoms with E-state index >= 15 is 0 Å². The van der Waals surface area contributed by atoms with E-state index in [1.54, 1.807) is 0 Å². The Hall–Kier alpha value is 0.270. The minimum absolute atomic E-state index is 0.0277. The number of nitrogens with one attached hydrogen (secondary N) is 1. The molecular formula is C13H29NOS. The molecule has 0 fully saturated rings. The average molecular weight is 247 g/mol. The highest BCUT2D eigenvalue weighted by molar-refractivity contribution is 7.99. The van der Waals surface area contributed by atoms with Gasteiger partial charge < -0.3 is 10.4 Å². The Bertz CT molecular complexity index is 149. The molecule has 16 heavy (non-hydrogen) atoms. The molecule has 0 spiro atoms. The van der Waals surface area contributed by atoms with E-state index in [1.165, 1.54) is 30.8 Å². The van der Waals surface area contributed by atoms with Crippen molar-refractivity contribution < 1.29 is 5.11 Å². The highest BCUT2D eigenvalue weighted by Crippen LogP contribution is 2.19. The largest absolute Gasteiger partial charge is 0.394 e. The molecule has 0 aromatic rings. The number of thioether (sulfide) groups is 1. The summed E-state index contributed by atoms with van der Waals surface area (Å²) in [6, 6.07) is 0. The number of likely N-dealkylation sites (N-methyl/N-ethyl adjacent to an activating group) is 1. The highest BCUT2D eigenvalue weighted by atomic mass is 32.2. The van der Waals surface area contributed by atoms with Crippen molar-refractivity contribution in [2.24, 2.45) is 0 Å². The second-order valence-electron chi connectivity index (χ2n) is 4.39. The van der Waals surface area contributed by atoms with Crippen LogP contribution in [-0.2, 0) is 0 Å². The monoisotopic (exact) mass is 247 g/mol. The third-order valence-electron chi connectivity index (χ3n) is 3.12. The molecule has 0 aliphatic carbocycles. The van der Waals surface area contributed by atoms with Gasteiger partial charge in [0.05, 0.1) is 6.61 Å². The summed E-state index contributed by atoms with van der Waals surface area (Å²) in [6.07, 6.45) is 5.93. The second kappa shape index (κ2) is 10.4. The Morgan fingerprint density at radius 2 is 1.81 bits per heavy atom.